The Morgan fingerprint density at radius 3 is 1.09 bits per heavy atom. The third-order valence-corrected chi connectivity index (χ3v) is 6.19. The topological polar surface area (TPSA) is 37.3 Å². The van der Waals surface area contributed by atoms with E-state index in [0.29, 0.717) is 0 Å². The molecule has 0 aliphatic carbocycles. The molecule has 68 valence electrons. The lowest BCUT2D eigenvalue weighted by Crippen LogP contribution is -2.15. The van der Waals surface area contributed by atoms with Crippen LogP contribution in [0.25, 0.3) is 0 Å². The van der Waals surface area contributed by atoms with E-state index >= 15 is 0 Å². The van der Waals surface area contributed by atoms with Gasteiger partial charge in [-0.25, -0.2) is 0 Å². The molecule has 0 spiro atoms. The van der Waals surface area contributed by atoms with Crippen LogP contribution in [0.5, 0.6) is 0 Å². The van der Waals surface area contributed by atoms with Gasteiger partial charge in [0, 0.05) is 0 Å². The van der Waals surface area contributed by atoms with Crippen LogP contribution in [0, 0.1) is 0 Å². The van der Waals surface area contributed by atoms with Gasteiger partial charge in [-0.05, 0) is 0 Å². The van der Waals surface area contributed by atoms with Crippen molar-refractivity contribution in [3.05, 3.63) is 0 Å². The van der Waals surface area contributed by atoms with E-state index in [1.165, 1.54) is 0 Å². The Hall–Kier alpha value is 1.93. The molecule has 0 aromatic carbocycles. The second-order valence-electron chi connectivity index (χ2n) is 1.51. The molecule has 0 fully saturated rings. The largest absolute Gasteiger partial charge is 0.339 e. The molecular weight excluding hydrogens is 300 g/mol. The summed E-state index contributed by atoms with van der Waals surface area (Å²) in [4.78, 5) is 8.95. The summed E-state index contributed by atoms with van der Waals surface area (Å²) in [5.41, 5.74) is 0. The highest BCUT2D eigenvalue weighted by Gasteiger charge is 2.56. The van der Waals surface area contributed by atoms with Crippen LogP contribution in [0.3, 0.4) is 0 Å². The minimum absolute atomic E-state index is 2.49. The molecule has 0 heterocycles. The van der Waals surface area contributed by atoms with E-state index < -0.39 is 14.4 Å². The molecule has 0 saturated carbocycles. The molecule has 0 aliphatic rings. The third kappa shape index (κ3) is 2.96. The summed E-state index contributed by atoms with van der Waals surface area (Å²) >= 11 is 30.4. The van der Waals surface area contributed by atoms with E-state index in [0.717, 1.165) is 0 Å². The van der Waals surface area contributed by atoms with Crippen molar-refractivity contribution in [2.45, 2.75) is 7.07 Å². The molecule has 0 radical (unpaired) electrons. The Labute approximate surface area is 93.1 Å². The fourth-order valence-corrected chi connectivity index (χ4v) is 3.88. The molecule has 0 aromatic rings. The van der Waals surface area contributed by atoms with Crippen molar-refractivity contribution in [2.24, 2.45) is 0 Å². The van der Waals surface area contributed by atoms with Crippen LogP contribution >= 0.6 is 77.0 Å². The summed E-state index contributed by atoms with van der Waals surface area (Å²) in [6.07, 6.45) is 0. The average molecular weight is 301 g/mol. The standard InChI is InChI=1S/C2HCl6O2P/c3-1(4,5)11(9,10)2(6,7)8/h(H,9,10). The molecule has 0 saturated heterocycles. The minimum Gasteiger partial charge on any atom is -0.339 e. The van der Waals surface area contributed by atoms with Crippen LogP contribution in [-0.2, 0) is 4.57 Å². The van der Waals surface area contributed by atoms with Crippen molar-refractivity contribution in [3.63, 3.8) is 0 Å². The highest BCUT2D eigenvalue weighted by molar-refractivity contribution is 7.73. The summed E-state index contributed by atoms with van der Waals surface area (Å²) in [6, 6.07) is 0. The van der Waals surface area contributed by atoms with E-state index in [9.17, 15) is 4.57 Å². The highest BCUT2D eigenvalue weighted by Crippen LogP contribution is 2.74. The van der Waals surface area contributed by atoms with E-state index in [2.05, 4.69) is 0 Å². The summed E-state index contributed by atoms with van der Waals surface area (Å²) < 4.78 is 6.05. The molecule has 0 amide bonds. The number of halogens is 6. The summed E-state index contributed by atoms with van der Waals surface area (Å²) in [7, 11) is -4.47. The van der Waals surface area contributed by atoms with Crippen LogP contribution in [-0.4, -0.2) is 12.0 Å². The number of rotatable bonds is 0. The van der Waals surface area contributed by atoms with Gasteiger partial charge in [-0.15, -0.1) is 0 Å². The van der Waals surface area contributed by atoms with Gasteiger partial charge in [0.2, 0.25) is 0 Å². The molecule has 1 N–H and O–H groups in total. The SMILES string of the molecule is O=P(O)(C(Cl)(Cl)Cl)C(Cl)(Cl)Cl. The molecule has 0 atom stereocenters. The predicted molar refractivity (Wildman–Crippen MR) is 50.4 cm³/mol. The van der Waals surface area contributed by atoms with Crippen molar-refractivity contribution in [1.29, 1.82) is 0 Å². The Kier molecular flexibility index (Phi) is 4.22. The summed E-state index contributed by atoms with van der Waals surface area (Å²) in [5.74, 6) is 0. The fraction of sp³-hybridized carbons (Fsp3) is 1.00. The smallest absolute Gasteiger partial charge is 0.300 e. The molecule has 11 heavy (non-hydrogen) atoms. The predicted octanol–water partition coefficient (Wildman–Crippen LogP) is 3.91. The quantitative estimate of drug-likeness (QED) is 0.544. The Balaban J connectivity index is 4.92. The lowest BCUT2D eigenvalue weighted by molar-refractivity contribution is 0.478. The first kappa shape index (κ1) is 12.9. The first-order valence-corrected chi connectivity index (χ1v) is 5.89. The van der Waals surface area contributed by atoms with Crippen LogP contribution in [0.1, 0.15) is 0 Å². The van der Waals surface area contributed by atoms with Crippen molar-refractivity contribution in [1.82, 2.24) is 0 Å². The third-order valence-electron chi connectivity index (χ3n) is 0.687. The van der Waals surface area contributed by atoms with Gasteiger partial charge in [0.15, 0.2) is 0 Å². The van der Waals surface area contributed by atoms with Gasteiger partial charge >= 0.3 is 7.37 Å². The second kappa shape index (κ2) is 3.59. The maximum absolute atomic E-state index is 11.0. The summed E-state index contributed by atoms with van der Waals surface area (Å²) in [6.45, 7) is 0. The molecular formula is C2HCl6O2P. The van der Waals surface area contributed by atoms with Gasteiger partial charge < -0.3 is 4.89 Å². The van der Waals surface area contributed by atoms with Gasteiger partial charge in [-0.2, -0.15) is 0 Å². The van der Waals surface area contributed by atoms with Gasteiger partial charge in [0.25, 0.3) is 7.07 Å². The maximum Gasteiger partial charge on any atom is 0.300 e. The normalized spacial score (nSPS) is 15.2. The van der Waals surface area contributed by atoms with Crippen LogP contribution < -0.4 is 0 Å². The van der Waals surface area contributed by atoms with E-state index in [-0.39, 0.29) is 0 Å². The highest BCUT2D eigenvalue weighted by atomic mass is 35.6. The van der Waals surface area contributed by atoms with E-state index in [1.54, 1.807) is 0 Å². The van der Waals surface area contributed by atoms with Crippen molar-refractivity contribution in [3.8, 4) is 0 Å². The van der Waals surface area contributed by atoms with E-state index in [4.69, 9.17) is 74.5 Å². The lowest BCUT2D eigenvalue weighted by atomic mass is 11.8. The molecule has 9 heteroatoms. The first-order chi connectivity index (χ1) is 4.50. The minimum atomic E-state index is -4.47. The van der Waals surface area contributed by atoms with Gasteiger partial charge in [-0.3, -0.25) is 4.57 Å². The van der Waals surface area contributed by atoms with Crippen molar-refractivity contribution >= 4 is 77.0 Å². The molecule has 0 rings (SSSR count). The Morgan fingerprint density at radius 2 is 1.09 bits per heavy atom. The van der Waals surface area contributed by atoms with Gasteiger partial charge in [0.1, 0.15) is 0 Å². The van der Waals surface area contributed by atoms with Crippen LogP contribution in [0.15, 0.2) is 0 Å². The fourth-order valence-electron chi connectivity index (χ4n) is 0.144. The zero-order valence-corrected chi connectivity index (χ0v) is 10.0. The average Bonchev–Trinajstić information content (AvgIpc) is 1.58. The first-order valence-electron chi connectivity index (χ1n) is 1.96. The number of alkyl halides is 6. The Morgan fingerprint density at radius 1 is 0.909 bits per heavy atom. The van der Waals surface area contributed by atoms with Gasteiger partial charge in [-0.1, -0.05) is 69.6 Å². The molecule has 0 bridgehead atoms. The zero-order valence-electron chi connectivity index (χ0n) is 4.57. The molecule has 2 nitrogen and oxygen atoms in total. The summed E-state index contributed by atoms with van der Waals surface area (Å²) in [5, 5.41) is 0. The molecule has 0 unspecified atom stereocenters. The zero-order chi connectivity index (χ0) is 9.50. The molecule has 0 aliphatic heterocycles. The van der Waals surface area contributed by atoms with Gasteiger partial charge in [0.05, 0.1) is 0 Å². The van der Waals surface area contributed by atoms with Crippen molar-refractivity contribution in [2.75, 3.05) is 0 Å². The maximum atomic E-state index is 11.0. The van der Waals surface area contributed by atoms with Crippen LogP contribution in [0.2, 0.25) is 0 Å². The Bertz CT molecular complexity index is 172. The second-order valence-corrected chi connectivity index (χ2v) is 10.1. The van der Waals surface area contributed by atoms with E-state index in [1.807, 2.05) is 0 Å². The number of hydrogen-bond acceptors (Lipinski definition) is 1. The van der Waals surface area contributed by atoms with Crippen molar-refractivity contribution < 1.29 is 9.46 Å². The van der Waals surface area contributed by atoms with Crippen LogP contribution in [0.4, 0.5) is 0 Å². The lowest BCUT2D eigenvalue weighted by Gasteiger charge is -2.24. The number of hydrogen-bond donors (Lipinski definition) is 1. The molecule has 0 aromatic heterocycles. The monoisotopic (exact) mass is 298 g/mol.